The van der Waals surface area contributed by atoms with Crippen LogP contribution in [0.3, 0.4) is 0 Å². The maximum Gasteiger partial charge on any atom is 0.320 e. The van der Waals surface area contributed by atoms with Crippen LogP contribution in [0.4, 0.5) is 21.8 Å². The molecule has 0 unspecified atom stereocenters. The first-order chi connectivity index (χ1) is 14.5. The summed E-state index contributed by atoms with van der Waals surface area (Å²) in [6, 6.07) is 12.5. The average Bonchev–Trinajstić information content (AvgIpc) is 3.21. The Morgan fingerprint density at radius 2 is 1.73 bits per heavy atom. The molecule has 0 saturated heterocycles. The lowest BCUT2D eigenvalue weighted by Crippen LogP contribution is -2.13. The van der Waals surface area contributed by atoms with Crippen molar-refractivity contribution < 1.29 is 13.6 Å². The van der Waals surface area contributed by atoms with E-state index in [-0.39, 0.29) is 17.7 Å². The van der Waals surface area contributed by atoms with Crippen LogP contribution in [0.5, 0.6) is 0 Å². The van der Waals surface area contributed by atoms with Crippen molar-refractivity contribution in [3.63, 3.8) is 0 Å². The molecule has 7 heteroatoms. The molecular weight excluding hydrogens is 383 g/mol. The lowest BCUT2D eigenvalue weighted by atomic mass is 9.79. The van der Waals surface area contributed by atoms with Crippen LogP contribution in [-0.4, -0.2) is 16.1 Å². The van der Waals surface area contributed by atoms with E-state index in [0.29, 0.717) is 22.9 Å². The lowest BCUT2D eigenvalue weighted by molar-refractivity contribution is 0.0991. The van der Waals surface area contributed by atoms with E-state index < -0.39 is 5.91 Å². The standard InChI is InChI=1S/C23H25FN4O2/c1-14-3-5-16(6-4-14)17-7-9-18(10-8-17)25-21(29)22-27-28-23(30-22)26-19-11-12-20(24)15(2)13-19/h7-14,16H,3-6H2,1-2H3,(H,25,29)(H,26,28). The summed E-state index contributed by atoms with van der Waals surface area (Å²) < 4.78 is 18.7. The molecule has 1 aliphatic rings. The van der Waals surface area contributed by atoms with Gasteiger partial charge in [-0.05, 0) is 73.1 Å². The Balaban J connectivity index is 1.36. The second-order valence-electron chi connectivity index (χ2n) is 8.03. The fourth-order valence-corrected chi connectivity index (χ4v) is 3.83. The molecule has 0 atom stereocenters. The van der Waals surface area contributed by atoms with Crippen LogP contribution in [0, 0.1) is 18.7 Å². The van der Waals surface area contributed by atoms with E-state index in [0.717, 1.165) is 5.92 Å². The van der Waals surface area contributed by atoms with Crippen LogP contribution in [0.1, 0.15) is 60.3 Å². The number of anilines is 3. The molecule has 0 spiro atoms. The Morgan fingerprint density at radius 3 is 2.43 bits per heavy atom. The first-order valence-electron chi connectivity index (χ1n) is 10.3. The summed E-state index contributed by atoms with van der Waals surface area (Å²) >= 11 is 0. The van der Waals surface area contributed by atoms with Gasteiger partial charge in [0, 0.05) is 11.4 Å². The van der Waals surface area contributed by atoms with Gasteiger partial charge >= 0.3 is 17.8 Å². The first kappa shape index (κ1) is 20.1. The molecule has 1 heterocycles. The molecule has 2 N–H and O–H groups in total. The predicted molar refractivity (Wildman–Crippen MR) is 113 cm³/mol. The highest BCUT2D eigenvalue weighted by atomic mass is 19.1. The number of carbonyl (C=O) groups excluding carboxylic acids is 1. The SMILES string of the molecule is Cc1cc(Nc2nnc(C(=O)Nc3ccc(C4CCC(C)CC4)cc3)o2)ccc1F. The van der Waals surface area contributed by atoms with Gasteiger partial charge in [-0.15, -0.1) is 5.10 Å². The van der Waals surface area contributed by atoms with Crippen LogP contribution in [0.15, 0.2) is 46.9 Å². The molecule has 0 bridgehead atoms. The van der Waals surface area contributed by atoms with Crippen molar-refractivity contribution in [3.05, 3.63) is 65.3 Å². The Bertz CT molecular complexity index is 1020. The summed E-state index contributed by atoms with van der Waals surface area (Å²) in [5.74, 6) is 0.494. The third kappa shape index (κ3) is 4.67. The van der Waals surface area contributed by atoms with E-state index in [2.05, 4.69) is 39.9 Å². The fraction of sp³-hybridized carbons (Fsp3) is 0.348. The van der Waals surface area contributed by atoms with Gasteiger partial charge in [0.15, 0.2) is 0 Å². The molecule has 30 heavy (non-hydrogen) atoms. The molecule has 156 valence electrons. The van der Waals surface area contributed by atoms with E-state index in [4.69, 9.17) is 4.42 Å². The second-order valence-corrected chi connectivity index (χ2v) is 8.03. The number of hydrogen-bond donors (Lipinski definition) is 2. The Kier molecular flexibility index (Phi) is 5.79. The number of aromatic nitrogens is 2. The quantitative estimate of drug-likeness (QED) is 0.557. The van der Waals surface area contributed by atoms with Crippen molar-refractivity contribution in [2.24, 2.45) is 5.92 Å². The van der Waals surface area contributed by atoms with Gasteiger partial charge in [-0.25, -0.2) is 4.39 Å². The van der Waals surface area contributed by atoms with Crippen molar-refractivity contribution in [1.29, 1.82) is 0 Å². The molecule has 4 rings (SSSR count). The molecule has 1 amide bonds. The minimum atomic E-state index is -0.481. The van der Waals surface area contributed by atoms with Crippen LogP contribution in [0.2, 0.25) is 0 Å². The molecule has 6 nitrogen and oxygen atoms in total. The zero-order valence-corrected chi connectivity index (χ0v) is 17.1. The van der Waals surface area contributed by atoms with Gasteiger partial charge < -0.3 is 15.1 Å². The highest BCUT2D eigenvalue weighted by molar-refractivity contribution is 6.00. The van der Waals surface area contributed by atoms with Crippen molar-refractivity contribution >= 4 is 23.3 Å². The number of benzene rings is 2. The number of carbonyl (C=O) groups is 1. The van der Waals surface area contributed by atoms with E-state index in [9.17, 15) is 9.18 Å². The van der Waals surface area contributed by atoms with Gasteiger partial charge in [-0.2, -0.15) is 0 Å². The van der Waals surface area contributed by atoms with Gasteiger partial charge in [0.2, 0.25) is 0 Å². The summed E-state index contributed by atoms with van der Waals surface area (Å²) in [6.07, 6.45) is 4.98. The normalized spacial score (nSPS) is 18.8. The van der Waals surface area contributed by atoms with Crippen molar-refractivity contribution in [2.45, 2.75) is 45.4 Å². The van der Waals surface area contributed by atoms with Gasteiger partial charge in [0.1, 0.15) is 5.82 Å². The number of rotatable bonds is 5. The van der Waals surface area contributed by atoms with E-state index in [1.807, 2.05) is 12.1 Å². The van der Waals surface area contributed by atoms with Gasteiger partial charge in [-0.3, -0.25) is 4.79 Å². The monoisotopic (exact) mass is 408 g/mol. The minimum Gasteiger partial charge on any atom is -0.399 e. The Hall–Kier alpha value is -3.22. The molecule has 1 aromatic heterocycles. The lowest BCUT2D eigenvalue weighted by Gasteiger charge is -2.26. The smallest absolute Gasteiger partial charge is 0.320 e. The number of hydrogen-bond acceptors (Lipinski definition) is 5. The van der Waals surface area contributed by atoms with E-state index >= 15 is 0 Å². The molecule has 0 aliphatic heterocycles. The third-order valence-electron chi connectivity index (χ3n) is 5.68. The number of nitrogens with one attached hydrogen (secondary N) is 2. The van der Waals surface area contributed by atoms with Crippen LogP contribution in [-0.2, 0) is 0 Å². The highest BCUT2D eigenvalue weighted by Crippen LogP contribution is 2.35. The number of halogens is 1. The molecule has 2 aromatic carbocycles. The van der Waals surface area contributed by atoms with Crippen LogP contribution >= 0.6 is 0 Å². The molecule has 1 saturated carbocycles. The van der Waals surface area contributed by atoms with Crippen LogP contribution in [0.25, 0.3) is 0 Å². The fourth-order valence-electron chi connectivity index (χ4n) is 3.83. The molecular formula is C23H25FN4O2. The van der Waals surface area contributed by atoms with Crippen molar-refractivity contribution in [1.82, 2.24) is 10.2 Å². The van der Waals surface area contributed by atoms with Gasteiger partial charge in [0.25, 0.3) is 0 Å². The topological polar surface area (TPSA) is 80.0 Å². The molecule has 3 aromatic rings. The van der Waals surface area contributed by atoms with Gasteiger partial charge in [-0.1, -0.05) is 37.0 Å². The van der Waals surface area contributed by atoms with Crippen molar-refractivity contribution in [2.75, 3.05) is 10.6 Å². The van der Waals surface area contributed by atoms with Gasteiger partial charge in [0.05, 0.1) is 0 Å². The van der Waals surface area contributed by atoms with E-state index in [1.54, 1.807) is 19.1 Å². The summed E-state index contributed by atoms with van der Waals surface area (Å²) in [5, 5.41) is 13.3. The number of aryl methyl sites for hydroxylation is 1. The second kappa shape index (κ2) is 8.65. The highest BCUT2D eigenvalue weighted by Gasteiger charge is 2.20. The molecule has 1 aliphatic carbocycles. The summed E-state index contributed by atoms with van der Waals surface area (Å²) in [7, 11) is 0. The Morgan fingerprint density at radius 1 is 1.03 bits per heavy atom. The average molecular weight is 408 g/mol. The summed E-state index contributed by atoms with van der Waals surface area (Å²) in [6.45, 7) is 3.97. The summed E-state index contributed by atoms with van der Waals surface area (Å²) in [5.41, 5.74) is 3.08. The number of amides is 1. The maximum absolute atomic E-state index is 13.4. The summed E-state index contributed by atoms with van der Waals surface area (Å²) in [4.78, 5) is 12.4. The zero-order chi connectivity index (χ0) is 21.1. The molecule has 1 fully saturated rings. The maximum atomic E-state index is 13.4. The molecule has 0 radical (unpaired) electrons. The van der Waals surface area contributed by atoms with E-state index in [1.165, 1.54) is 37.3 Å². The zero-order valence-electron chi connectivity index (χ0n) is 17.1. The Labute approximate surface area is 174 Å². The van der Waals surface area contributed by atoms with Crippen LogP contribution < -0.4 is 10.6 Å². The largest absolute Gasteiger partial charge is 0.399 e. The minimum absolute atomic E-state index is 0.0630. The predicted octanol–water partition coefficient (Wildman–Crippen LogP) is 5.81. The van der Waals surface area contributed by atoms with Crippen molar-refractivity contribution in [3.8, 4) is 0 Å². The number of nitrogens with zero attached hydrogens (tertiary/aromatic N) is 2. The third-order valence-corrected chi connectivity index (χ3v) is 5.68. The first-order valence-corrected chi connectivity index (χ1v) is 10.3.